The van der Waals surface area contributed by atoms with Gasteiger partial charge in [0.2, 0.25) is 0 Å². The smallest absolute Gasteiger partial charge is 0.376 e. The van der Waals surface area contributed by atoms with Crippen molar-refractivity contribution in [2.24, 2.45) is 5.92 Å². The molecule has 3 aliphatic heterocycles. The van der Waals surface area contributed by atoms with Gasteiger partial charge in [0.25, 0.3) is 0 Å². The summed E-state index contributed by atoms with van der Waals surface area (Å²) in [5.74, 6) is 0.549. The first kappa shape index (κ1) is 29.9. The van der Waals surface area contributed by atoms with Gasteiger partial charge in [-0.2, -0.15) is 13.2 Å². The molecule has 3 N–H and O–H groups in total. The van der Waals surface area contributed by atoms with Gasteiger partial charge in [-0.15, -0.1) is 0 Å². The Hall–Kier alpha value is -2.74. The summed E-state index contributed by atoms with van der Waals surface area (Å²) in [7, 11) is 2.17. The molecule has 3 saturated heterocycles. The number of nitrogens with zero attached hydrogens (tertiary/aromatic N) is 4. The van der Waals surface area contributed by atoms with Gasteiger partial charge in [0, 0.05) is 45.1 Å². The number of ether oxygens (including phenoxy) is 1. The van der Waals surface area contributed by atoms with E-state index in [2.05, 4.69) is 46.0 Å². The lowest BCUT2D eigenvalue weighted by atomic mass is 9.71. The lowest BCUT2D eigenvalue weighted by Gasteiger charge is -2.51. The number of imidazole rings is 1. The van der Waals surface area contributed by atoms with Crippen molar-refractivity contribution in [1.29, 1.82) is 0 Å². The molecule has 1 unspecified atom stereocenters. The monoisotopic (exact) mass is 613 g/mol. The number of aromatic nitrogens is 2. The number of fused-ring (bicyclic) bond motifs is 1. The summed E-state index contributed by atoms with van der Waals surface area (Å²) in [5, 5.41) is 3.45. The van der Waals surface area contributed by atoms with E-state index in [0.717, 1.165) is 23.1 Å². The number of hydrazine groups is 1. The fourth-order valence-electron chi connectivity index (χ4n) is 8.01. The van der Waals surface area contributed by atoms with Crippen LogP contribution in [0.5, 0.6) is 0 Å². The number of alkyl halides is 3. The molecule has 0 radical (unpaired) electrons. The molecule has 1 aliphatic carbocycles. The Balaban J connectivity index is 1.24. The van der Waals surface area contributed by atoms with Crippen molar-refractivity contribution < 1.29 is 17.9 Å². The minimum Gasteiger partial charge on any atom is -0.376 e. The van der Waals surface area contributed by atoms with Crippen LogP contribution in [0.1, 0.15) is 56.2 Å². The number of likely N-dealkylation sites (N-methyl/N-ethyl adjacent to an activating group) is 1. The number of pyridine rings is 1. The number of hydrogen-bond donors (Lipinski definition) is 3. The van der Waals surface area contributed by atoms with E-state index in [-0.39, 0.29) is 28.9 Å². The van der Waals surface area contributed by atoms with Gasteiger partial charge in [-0.3, -0.25) is 18.8 Å². The summed E-state index contributed by atoms with van der Waals surface area (Å²) < 4.78 is 51.2. The third kappa shape index (κ3) is 4.90. The number of benzene rings is 1. The molecule has 3 atom stereocenters. The van der Waals surface area contributed by atoms with Crippen molar-refractivity contribution in [3.05, 3.63) is 69.9 Å². The van der Waals surface area contributed by atoms with Crippen LogP contribution in [0, 0.1) is 5.92 Å². The maximum absolute atomic E-state index is 14.4. The number of rotatable bonds is 6. The molecule has 238 valence electrons. The Morgan fingerprint density at radius 1 is 1.11 bits per heavy atom. The Bertz CT molecular complexity index is 1590. The molecule has 0 amide bonds. The van der Waals surface area contributed by atoms with E-state index in [9.17, 15) is 18.0 Å². The average Bonchev–Trinajstić information content (AvgIpc) is 3.69. The van der Waals surface area contributed by atoms with E-state index in [4.69, 9.17) is 4.74 Å². The maximum atomic E-state index is 14.4. The van der Waals surface area contributed by atoms with E-state index in [0.29, 0.717) is 43.4 Å². The molecular formula is C32H42F3N7O2. The number of nitrogens with one attached hydrogen (secondary N) is 3. The van der Waals surface area contributed by atoms with E-state index in [1.165, 1.54) is 42.5 Å². The lowest BCUT2D eigenvalue weighted by Crippen LogP contribution is -2.69. The number of halogens is 3. The molecule has 0 bridgehead atoms. The highest BCUT2D eigenvalue weighted by Crippen LogP contribution is 2.43. The van der Waals surface area contributed by atoms with Gasteiger partial charge < -0.3 is 10.1 Å². The molecule has 12 heteroatoms. The van der Waals surface area contributed by atoms with Gasteiger partial charge in [-0.05, 0) is 69.0 Å². The van der Waals surface area contributed by atoms with Gasteiger partial charge in [-0.25, -0.2) is 15.6 Å². The predicted molar refractivity (Wildman–Crippen MR) is 161 cm³/mol. The van der Waals surface area contributed by atoms with Crippen LogP contribution >= 0.6 is 0 Å². The van der Waals surface area contributed by atoms with Crippen LogP contribution in [0.25, 0.3) is 11.2 Å². The summed E-state index contributed by atoms with van der Waals surface area (Å²) in [4.78, 5) is 18.3. The second-order valence-electron chi connectivity index (χ2n) is 13.4. The Kier molecular flexibility index (Phi) is 7.46. The molecule has 1 aromatic carbocycles. The Morgan fingerprint density at radius 2 is 1.89 bits per heavy atom. The summed E-state index contributed by atoms with van der Waals surface area (Å²) >= 11 is 0. The maximum Gasteiger partial charge on any atom is 0.418 e. The van der Waals surface area contributed by atoms with E-state index >= 15 is 0 Å². The first-order chi connectivity index (χ1) is 21.0. The van der Waals surface area contributed by atoms with Gasteiger partial charge in [0.1, 0.15) is 0 Å². The quantitative estimate of drug-likeness (QED) is 0.393. The van der Waals surface area contributed by atoms with E-state index < -0.39 is 17.4 Å². The van der Waals surface area contributed by atoms with Crippen molar-refractivity contribution in [3.63, 3.8) is 0 Å². The first-order valence-electron chi connectivity index (χ1n) is 15.7. The Labute approximate surface area is 255 Å². The number of morpholine rings is 1. The highest BCUT2D eigenvalue weighted by Gasteiger charge is 2.56. The Morgan fingerprint density at radius 3 is 2.57 bits per heavy atom. The molecule has 7 rings (SSSR count). The zero-order valence-corrected chi connectivity index (χ0v) is 25.6. The van der Waals surface area contributed by atoms with Crippen molar-refractivity contribution in [1.82, 2.24) is 34.9 Å². The molecule has 4 fully saturated rings. The molecule has 5 heterocycles. The molecule has 44 heavy (non-hydrogen) atoms. The lowest BCUT2D eigenvalue weighted by molar-refractivity contribution is -0.136. The SMILES string of the molecule is C[C@@H]1CN(Cc2cc(C(F)(F)F)c3cn(-c4cccc(C5(C6NN[C@](C)(C7CCCC7)N6C)CNC5)c4)c(=O)n3c2)CCO1. The van der Waals surface area contributed by atoms with Crippen molar-refractivity contribution in [3.8, 4) is 5.69 Å². The van der Waals surface area contributed by atoms with Gasteiger partial charge in [-0.1, -0.05) is 25.0 Å². The normalized spacial score (nSPS) is 28.6. The van der Waals surface area contributed by atoms with Crippen LogP contribution < -0.4 is 21.9 Å². The highest BCUT2D eigenvalue weighted by atomic mass is 19.4. The molecule has 2 aromatic heterocycles. The van der Waals surface area contributed by atoms with Crippen molar-refractivity contribution >= 4 is 5.52 Å². The topological polar surface area (TPSA) is 78.2 Å². The minimum absolute atomic E-state index is 0.00303. The highest BCUT2D eigenvalue weighted by molar-refractivity contribution is 5.58. The van der Waals surface area contributed by atoms with Gasteiger partial charge in [0.05, 0.1) is 46.7 Å². The van der Waals surface area contributed by atoms with Crippen LogP contribution in [0.15, 0.2) is 47.5 Å². The predicted octanol–water partition coefficient (Wildman–Crippen LogP) is 3.44. The van der Waals surface area contributed by atoms with Crippen LogP contribution in [0.2, 0.25) is 0 Å². The van der Waals surface area contributed by atoms with Gasteiger partial charge in [0.15, 0.2) is 0 Å². The molecular weight excluding hydrogens is 571 g/mol. The number of hydrogen-bond acceptors (Lipinski definition) is 7. The summed E-state index contributed by atoms with van der Waals surface area (Å²) in [6.45, 7) is 7.80. The van der Waals surface area contributed by atoms with Crippen molar-refractivity contribution in [2.75, 3.05) is 39.8 Å². The second kappa shape index (κ2) is 11.0. The minimum atomic E-state index is -4.61. The van der Waals surface area contributed by atoms with E-state index in [1.54, 1.807) is 12.3 Å². The fourth-order valence-corrected chi connectivity index (χ4v) is 8.01. The summed E-state index contributed by atoms with van der Waals surface area (Å²) in [5.41, 5.74) is 7.31. The molecule has 1 saturated carbocycles. The first-order valence-corrected chi connectivity index (χ1v) is 15.7. The van der Waals surface area contributed by atoms with Crippen LogP contribution in [-0.2, 0) is 22.9 Å². The zero-order chi connectivity index (χ0) is 30.9. The summed E-state index contributed by atoms with van der Waals surface area (Å²) in [6, 6.07) is 8.90. The van der Waals surface area contributed by atoms with Gasteiger partial charge >= 0.3 is 11.9 Å². The van der Waals surface area contributed by atoms with Crippen LogP contribution in [-0.4, -0.2) is 76.5 Å². The molecule has 3 aromatic rings. The molecule has 9 nitrogen and oxygen atoms in total. The zero-order valence-electron chi connectivity index (χ0n) is 25.6. The van der Waals surface area contributed by atoms with Crippen LogP contribution in [0.3, 0.4) is 0 Å². The largest absolute Gasteiger partial charge is 0.418 e. The van der Waals surface area contributed by atoms with Crippen molar-refractivity contribution in [2.45, 2.75) is 75.6 Å². The van der Waals surface area contributed by atoms with E-state index in [1.807, 2.05) is 19.1 Å². The summed E-state index contributed by atoms with van der Waals surface area (Å²) in [6.07, 6.45) is 3.16. The molecule has 0 spiro atoms. The standard InChI is InChI=1S/C32H42F3N7O2/c1-21-15-40(11-12-44-21)16-22-13-26(32(33,34)35)27-18-41(29(43)42(27)17-22)25-10-6-9-24(14-25)31(19-36-20-31)28-37-38-30(2,39(28)3)23-7-4-5-8-23/h6,9-10,13-14,17-18,21,23,28,36-38H,4-5,7-8,11-12,15-16,19-20H2,1-3H3/t21-,28?,30+/m1/s1. The average molecular weight is 614 g/mol. The molecule has 4 aliphatic rings. The third-order valence-corrected chi connectivity index (χ3v) is 10.7. The van der Waals surface area contributed by atoms with Crippen LogP contribution in [0.4, 0.5) is 13.2 Å². The fraction of sp³-hybridized carbons (Fsp3) is 0.594. The second-order valence-corrected chi connectivity index (χ2v) is 13.4. The third-order valence-electron chi connectivity index (χ3n) is 10.7.